The van der Waals surface area contributed by atoms with Crippen LogP contribution in [0.3, 0.4) is 0 Å². The summed E-state index contributed by atoms with van der Waals surface area (Å²) in [5, 5.41) is 9.48. The molecule has 2 fully saturated rings. The minimum atomic E-state index is -0.594. The lowest BCUT2D eigenvalue weighted by Gasteiger charge is -2.41. The highest BCUT2D eigenvalue weighted by Gasteiger charge is 2.35. The number of hydrogen-bond acceptors (Lipinski definition) is 10. The second kappa shape index (κ2) is 15.1. The highest BCUT2D eigenvalue weighted by Crippen LogP contribution is 2.31. The number of anilines is 1. The SMILES string of the molecule is CN1CCCC1.COc1nc2c(c(N3CCN(C(=O)OCc4ccccc4)C(CC#N)C3)n1)CCN(C(=O)OC(C)(C)C)C2. The van der Waals surface area contributed by atoms with Gasteiger partial charge in [0.1, 0.15) is 18.0 Å². The Bertz CT molecular complexity index is 1300. The van der Waals surface area contributed by atoms with Crippen molar-refractivity contribution < 1.29 is 23.8 Å². The van der Waals surface area contributed by atoms with E-state index >= 15 is 0 Å². The number of piperazine rings is 1. The summed E-state index contributed by atoms with van der Waals surface area (Å²) in [5.41, 5.74) is 1.94. The Morgan fingerprint density at radius 2 is 1.75 bits per heavy atom. The zero-order valence-corrected chi connectivity index (χ0v) is 26.6. The van der Waals surface area contributed by atoms with Crippen LogP contribution < -0.4 is 9.64 Å². The molecule has 12 nitrogen and oxygen atoms in total. The van der Waals surface area contributed by atoms with Crippen LogP contribution in [0.1, 0.15) is 56.9 Å². The Balaban J connectivity index is 0.000000657. The zero-order chi connectivity index (χ0) is 31.7. The van der Waals surface area contributed by atoms with Gasteiger partial charge in [-0.3, -0.25) is 0 Å². The largest absolute Gasteiger partial charge is 0.467 e. The quantitative estimate of drug-likeness (QED) is 0.488. The number of amides is 2. The third-order valence-corrected chi connectivity index (χ3v) is 7.74. The lowest BCUT2D eigenvalue weighted by atomic mass is 10.0. The summed E-state index contributed by atoms with van der Waals surface area (Å²) in [7, 11) is 3.67. The van der Waals surface area contributed by atoms with Gasteiger partial charge in [0.05, 0.1) is 37.9 Å². The highest BCUT2D eigenvalue weighted by molar-refractivity contribution is 5.70. The van der Waals surface area contributed by atoms with Crippen molar-refractivity contribution in [3.63, 3.8) is 0 Å². The summed E-state index contributed by atoms with van der Waals surface area (Å²) in [6, 6.07) is 11.5. The Hall–Kier alpha value is -4.11. The molecule has 0 saturated carbocycles. The number of benzene rings is 1. The number of ether oxygens (including phenoxy) is 3. The number of hydrogen-bond donors (Lipinski definition) is 0. The standard InChI is InChI=1S/C27H34N6O5.C5H11N/c1-27(2,3)38-25(34)32-13-11-21-22(17-32)29-24(36-4)30-23(21)31-14-15-33(20(16-31)10-12-28)26(35)37-18-19-8-6-5-7-9-19;1-6-4-2-3-5-6/h5-9,20H,10-11,13-18H2,1-4H3;2-5H2,1H3. The van der Waals surface area contributed by atoms with Crippen molar-refractivity contribution >= 4 is 18.0 Å². The molecule has 4 heterocycles. The van der Waals surface area contributed by atoms with Crippen molar-refractivity contribution in [2.75, 3.05) is 58.3 Å². The summed E-state index contributed by atoms with van der Waals surface area (Å²) in [6.45, 7) is 10.4. The first-order valence-corrected chi connectivity index (χ1v) is 15.3. The van der Waals surface area contributed by atoms with E-state index in [1.54, 1.807) is 9.80 Å². The third-order valence-electron chi connectivity index (χ3n) is 7.74. The Morgan fingerprint density at radius 3 is 2.36 bits per heavy atom. The molecule has 2 aromatic rings. The van der Waals surface area contributed by atoms with Gasteiger partial charge in [-0.15, -0.1) is 0 Å². The molecule has 1 atom stereocenters. The van der Waals surface area contributed by atoms with Gasteiger partial charge in [0, 0.05) is 31.7 Å². The first-order valence-electron chi connectivity index (χ1n) is 15.3. The van der Waals surface area contributed by atoms with E-state index in [0.29, 0.717) is 44.1 Å². The summed E-state index contributed by atoms with van der Waals surface area (Å²) in [6.07, 6.45) is 2.71. The van der Waals surface area contributed by atoms with Crippen LogP contribution in [0, 0.1) is 11.3 Å². The molecule has 0 N–H and O–H groups in total. The fourth-order valence-electron chi connectivity index (χ4n) is 5.47. The van der Waals surface area contributed by atoms with Crippen molar-refractivity contribution in [2.24, 2.45) is 0 Å². The average Bonchev–Trinajstić information content (AvgIpc) is 3.50. The Labute approximate surface area is 260 Å². The van der Waals surface area contributed by atoms with Gasteiger partial charge >= 0.3 is 18.2 Å². The van der Waals surface area contributed by atoms with E-state index in [1.807, 2.05) is 51.1 Å². The molecule has 1 unspecified atom stereocenters. The number of nitrogens with zero attached hydrogens (tertiary/aromatic N) is 7. The molecule has 238 valence electrons. The number of fused-ring (bicyclic) bond motifs is 1. The maximum absolute atomic E-state index is 12.9. The van der Waals surface area contributed by atoms with E-state index in [0.717, 1.165) is 11.1 Å². The number of carbonyl (C=O) groups is 2. The molecular formula is C32H45N7O5. The molecule has 12 heteroatoms. The number of methoxy groups -OCH3 is 1. The van der Waals surface area contributed by atoms with Crippen molar-refractivity contribution in [3.05, 3.63) is 47.2 Å². The minimum absolute atomic E-state index is 0.160. The molecule has 3 aliphatic heterocycles. The number of nitriles is 1. The van der Waals surface area contributed by atoms with E-state index in [-0.39, 0.29) is 37.7 Å². The molecular weight excluding hydrogens is 562 g/mol. The number of aromatic nitrogens is 2. The molecule has 0 aliphatic carbocycles. The molecule has 44 heavy (non-hydrogen) atoms. The number of likely N-dealkylation sites (tertiary alicyclic amines) is 1. The van der Waals surface area contributed by atoms with Crippen LogP contribution >= 0.6 is 0 Å². The van der Waals surface area contributed by atoms with Crippen LogP contribution in [0.15, 0.2) is 30.3 Å². The van der Waals surface area contributed by atoms with Gasteiger partial charge < -0.3 is 33.8 Å². The van der Waals surface area contributed by atoms with Gasteiger partial charge in [0.15, 0.2) is 0 Å². The molecule has 2 amide bonds. The summed E-state index contributed by atoms with van der Waals surface area (Å²) in [4.78, 5) is 42.4. The fraction of sp³-hybridized carbons (Fsp3) is 0.594. The monoisotopic (exact) mass is 607 g/mol. The van der Waals surface area contributed by atoms with Crippen LogP contribution in [0.4, 0.5) is 15.4 Å². The molecule has 1 aromatic heterocycles. The van der Waals surface area contributed by atoms with Crippen molar-refractivity contribution in [2.45, 2.75) is 71.2 Å². The van der Waals surface area contributed by atoms with Gasteiger partial charge in [-0.1, -0.05) is 30.3 Å². The van der Waals surface area contributed by atoms with E-state index in [2.05, 4.69) is 32.9 Å². The second-order valence-electron chi connectivity index (χ2n) is 12.3. The molecule has 1 aromatic carbocycles. The van der Waals surface area contributed by atoms with Crippen LogP contribution in [0.25, 0.3) is 0 Å². The summed E-state index contributed by atoms with van der Waals surface area (Å²) < 4.78 is 16.5. The second-order valence-corrected chi connectivity index (χ2v) is 12.3. The minimum Gasteiger partial charge on any atom is -0.467 e. The van der Waals surface area contributed by atoms with E-state index in [9.17, 15) is 14.9 Å². The van der Waals surface area contributed by atoms with Gasteiger partial charge in [0.2, 0.25) is 0 Å². The van der Waals surface area contributed by atoms with Gasteiger partial charge in [0.25, 0.3) is 0 Å². The van der Waals surface area contributed by atoms with Crippen LogP contribution in [0.2, 0.25) is 0 Å². The molecule has 0 spiro atoms. The zero-order valence-electron chi connectivity index (χ0n) is 26.6. The van der Waals surface area contributed by atoms with Crippen LogP contribution in [0.5, 0.6) is 6.01 Å². The average molecular weight is 608 g/mol. The predicted octanol–water partition coefficient (Wildman–Crippen LogP) is 4.23. The van der Waals surface area contributed by atoms with E-state index < -0.39 is 11.7 Å². The maximum Gasteiger partial charge on any atom is 0.410 e. The van der Waals surface area contributed by atoms with Crippen LogP contribution in [-0.4, -0.2) is 102 Å². The molecule has 2 saturated heterocycles. The lowest BCUT2D eigenvalue weighted by molar-refractivity contribution is 0.0220. The Morgan fingerprint density at radius 1 is 1.02 bits per heavy atom. The summed E-state index contributed by atoms with van der Waals surface area (Å²) in [5.74, 6) is 0.705. The van der Waals surface area contributed by atoms with Crippen LogP contribution in [-0.2, 0) is 29.0 Å². The smallest absolute Gasteiger partial charge is 0.410 e. The molecule has 5 rings (SSSR count). The predicted molar refractivity (Wildman–Crippen MR) is 165 cm³/mol. The molecule has 0 bridgehead atoms. The van der Waals surface area contributed by atoms with Gasteiger partial charge in [-0.05, 0) is 65.7 Å². The number of carbonyl (C=O) groups excluding carboxylic acids is 2. The van der Waals surface area contributed by atoms with Gasteiger partial charge in [-0.25, -0.2) is 9.59 Å². The summed E-state index contributed by atoms with van der Waals surface area (Å²) >= 11 is 0. The molecule has 3 aliphatic rings. The van der Waals surface area contributed by atoms with E-state index in [1.165, 1.54) is 33.0 Å². The lowest BCUT2D eigenvalue weighted by Crippen LogP contribution is -2.55. The normalized spacial score (nSPS) is 18.5. The fourth-order valence-corrected chi connectivity index (χ4v) is 5.47. The topological polar surface area (TPSA) is 124 Å². The van der Waals surface area contributed by atoms with Crippen molar-refractivity contribution in [1.82, 2.24) is 24.7 Å². The maximum atomic E-state index is 12.9. The molecule has 0 radical (unpaired) electrons. The van der Waals surface area contributed by atoms with Crippen molar-refractivity contribution in [3.8, 4) is 12.1 Å². The van der Waals surface area contributed by atoms with Gasteiger partial charge in [-0.2, -0.15) is 15.2 Å². The highest BCUT2D eigenvalue weighted by atomic mass is 16.6. The first kappa shape index (κ1) is 32.8. The van der Waals surface area contributed by atoms with Crippen molar-refractivity contribution in [1.29, 1.82) is 5.26 Å². The number of rotatable bonds is 5. The third kappa shape index (κ3) is 8.95. The van der Waals surface area contributed by atoms with E-state index in [4.69, 9.17) is 14.2 Å². The first-order chi connectivity index (χ1) is 21.1. The Kier molecular flexibility index (Phi) is 11.2.